The fourth-order valence-electron chi connectivity index (χ4n) is 3.30. The molecule has 1 aliphatic rings. The standard InChI is InChI=1S/C21H27N3O3/c1-23(18-10-11-19(26-2)20(14-18)27-3)15-21(25)22-16-6-8-17(9-7-16)24-12-4-5-13-24/h6-11,14H,4-5,12-13,15H2,1-3H3,(H,22,25). The zero-order chi connectivity index (χ0) is 19.2. The van der Waals surface area contributed by atoms with E-state index < -0.39 is 0 Å². The van der Waals surface area contributed by atoms with Gasteiger partial charge in [-0.05, 0) is 49.2 Å². The normalized spacial score (nSPS) is 13.4. The summed E-state index contributed by atoms with van der Waals surface area (Å²) in [5, 5.41) is 2.96. The quantitative estimate of drug-likeness (QED) is 0.811. The summed E-state index contributed by atoms with van der Waals surface area (Å²) in [6.07, 6.45) is 2.50. The zero-order valence-electron chi connectivity index (χ0n) is 16.2. The van der Waals surface area contributed by atoms with Crippen molar-refractivity contribution in [3.63, 3.8) is 0 Å². The number of ether oxygens (including phenoxy) is 2. The minimum absolute atomic E-state index is 0.0683. The molecule has 0 aliphatic carbocycles. The number of carbonyl (C=O) groups excluding carboxylic acids is 1. The van der Waals surface area contributed by atoms with Gasteiger partial charge in [0.25, 0.3) is 0 Å². The van der Waals surface area contributed by atoms with Crippen molar-refractivity contribution >= 4 is 23.0 Å². The molecular weight excluding hydrogens is 342 g/mol. The van der Waals surface area contributed by atoms with E-state index in [1.165, 1.54) is 18.5 Å². The first kappa shape index (κ1) is 18.9. The van der Waals surface area contributed by atoms with Gasteiger partial charge in [0, 0.05) is 43.3 Å². The SMILES string of the molecule is COc1ccc(N(C)CC(=O)Nc2ccc(N3CCCC3)cc2)cc1OC. The molecule has 0 aromatic heterocycles. The Balaban J connectivity index is 1.58. The minimum Gasteiger partial charge on any atom is -0.493 e. The predicted octanol–water partition coefficient (Wildman–Crippen LogP) is 3.38. The van der Waals surface area contributed by atoms with Gasteiger partial charge in [-0.1, -0.05) is 0 Å². The van der Waals surface area contributed by atoms with E-state index in [0.29, 0.717) is 11.5 Å². The van der Waals surface area contributed by atoms with Crippen molar-refractivity contribution in [3.8, 4) is 11.5 Å². The third-order valence-corrected chi connectivity index (χ3v) is 4.81. The Kier molecular flexibility index (Phi) is 6.06. The highest BCUT2D eigenvalue weighted by Gasteiger charge is 2.13. The van der Waals surface area contributed by atoms with Gasteiger partial charge in [-0.25, -0.2) is 0 Å². The topological polar surface area (TPSA) is 54.0 Å². The number of methoxy groups -OCH3 is 2. The number of anilines is 3. The number of carbonyl (C=O) groups is 1. The van der Waals surface area contributed by atoms with Crippen molar-refractivity contribution in [2.24, 2.45) is 0 Å². The molecular formula is C21H27N3O3. The van der Waals surface area contributed by atoms with Crippen LogP contribution in [0.2, 0.25) is 0 Å². The van der Waals surface area contributed by atoms with Crippen LogP contribution in [0.15, 0.2) is 42.5 Å². The van der Waals surface area contributed by atoms with E-state index in [0.717, 1.165) is 24.5 Å². The summed E-state index contributed by atoms with van der Waals surface area (Å²) in [5.74, 6) is 1.23. The predicted molar refractivity (Wildman–Crippen MR) is 109 cm³/mol. The van der Waals surface area contributed by atoms with Crippen molar-refractivity contribution in [2.75, 3.05) is 56.0 Å². The lowest BCUT2D eigenvalue weighted by atomic mass is 10.2. The molecule has 6 nitrogen and oxygen atoms in total. The van der Waals surface area contributed by atoms with Crippen molar-refractivity contribution in [1.82, 2.24) is 0 Å². The van der Waals surface area contributed by atoms with E-state index in [4.69, 9.17) is 9.47 Å². The van der Waals surface area contributed by atoms with Crippen molar-refractivity contribution < 1.29 is 14.3 Å². The second-order valence-corrected chi connectivity index (χ2v) is 6.68. The fourth-order valence-corrected chi connectivity index (χ4v) is 3.30. The molecule has 0 spiro atoms. The van der Waals surface area contributed by atoms with Gasteiger partial charge in [0.2, 0.25) is 5.91 Å². The maximum absolute atomic E-state index is 12.4. The minimum atomic E-state index is -0.0683. The van der Waals surface area contributed by atoms with Gasteiger partial charge in [-0.3, -0.25) is 4.79 Å². The Morgan fingerprint density at radius 3 is 2.33 bits per heavy atom. The third kappa shape index (κ3) is 4.64. The third-order valence-electron chi connectivity index (χ3n) is 4.81. The molecule has 1 heterocycles. The molecule has 0 atom stereocenters. The Morgan fingerprint density at radius 1 is 1.04 bits per heavy atom. The summed E-state index contributed by atoms with van der Waals surface area (Å²) in [5.41, 5.74) is 2.91. The molecule has 0 unspecified atom stereocenters. The summed E-state index contributed by atoms with van der Waals surface area (Å²) in [6.45, 7) is 2.47. The van der Waals surface area contributed by atoms with Gasteiger partial charge in [0.15, 0.2) is 11.5 Å². The maximum Gasteiger partial charge on any atom is 0.243 e. The van der Waals surface area contributed by atoms with Crippen molar-refractivity contribution in [2.45, 2.75) is 12.8 Å². The summed E-state index contributed by atoms with van der Waals surface area (Å²) >= 11 is 0. The molecule has 27 heavy (non-hydrogen) atoms. The first-order valence-electron chi connectivity index (χ1n) is 9.18. The van der Waals surface area contributed by atoms with Crippen LogP contribution in [0.1, 0.15) is 12.8 Å². The van der Waals surface area contributed by atoms with E-state index in [-0.39, 0.29) is 12.5 Å². The van der Waals surface area contributed by atoms with E-state index in [2.05, 4.69) is 22.3 Å². The molecule has 1 aliphatic heterocycles. The number of benzene rings is 2. The second-order valence-electron chi connectivity index (χ2n) is 6.68. The highest BCUT2D eigenvalue weighted by Crippen LogP contribution is 2.31. The van der Waals surface area contributed by atoms with Crippen LogP contribution in [0, 0.1) is 0 Å². The number of likely N-dealkylation sites (N-methyl/N-ethyl adjacent to an activating group) is 1. The van der Waals surface area contributed by atoms with Crippen LogP contribution in [0.3, 0.4) is 0 Å². The maximum atomic E-state index is 12.4. The van der Waals surface area contributed by atoms with Crippen LogP contribution in [0.5, 0.6) is 11.5 Å². The molecule has 3 rings (SSSR count). The molecule has 0 radical (unpaired) electrons. The van der Waals surface area contributed by atoms with E-state index >= 15 is 0 Å². The number of nitrogens with zero attached hydrogens (tertiary/aromatic N) is 2. The number of amides is 1. The molecule has 144 valence electrons. The number of hydrogen-bond acceptors (Lipinski definition) is 5. The lowest BCUT2D eigenvalue weighted by Gasteiger charge is -2.21. The Hall–Kier alpha value is -2.89. The van der Waals surface area contributed by atoms with Crippen LogP contribution in [0.4, 0.5) is 17.1 Å². The highest BCUT2D eigenvalue weighted by atomic mass is 16.5. The first-order valence-corrected chi connectivity index (χ1v) is 9.18. The number of rotatable bonds is 7. The molecule has 2 aromatic rings. The van der Waals surface area contributed by atoms with Gasteiger partial charge in [0.1, 0.15) is 0 Å². The van der Waals surface area contributed by atoms with Crippen LogP contribution >= 0.6 is 0 Å². The van der Waals surface area contributed by atoms with Crippen LogP contribution in [0.25, 0.3) is 0 Å². The van der Waals surface area contributed by atoms with Crippen LogP contribution in [-0.4, -0.2) is 46.8 Å². The number of nitrogens with one attached hydrogen (secondary N) is 1. The summed E-state index contributed by atoms with van der Waals surface area (Å²) < 4.78 is 10.6. The molecule has 0 saturated carbocycles. The summed E-state index contributed by atoms with van der Waals surface area (Å²) in [7, 11) is 5.07. The lowest BCUT2D eigenvalue weighted by molar-refractivity contribution is -0.114. The molecule has 6 heteroatoms. The number of hydrogen-bond donors (Lipinski definition) is 1. The Bertz CT molecular complexity index is 771. The molecule has 1 fully saturated rings. The molecule has 1 N–H and O–H groups in total. The largest absolute Gasteiger partial charge is 0.493 e. The highest BCUT2D eigenvalue weighted by molar-refractivity contribution is 5.94. The molecule has 1 amide bonds. The molecule has 2 aromatic carbocycles. The fraction of sp³-hybridized carbons (Fsp3) is 0.381. The van der Waals surface area contributed by atoms with Crippen LogP contribution in [-0.2, 0) is 4.79 Å². The Labute approximate surface area is 160 Å². The smallest absolute Gasteiger partial charge is 0.243 e. The first-order chi connectivity index (χ1) is 13.1. The average molecular weight is 369 g/mol. The molecule has 1 saturated heterocycles. The second kappa shape index (κ2) is 8.66. The van der Waals surface area contributed by atoms with Gasteiger partial charge in [0.05, 0.1) is 20.8 Å². The summed E-state index contributed by atoms with van der Waals surface area (Å²) in [6, 6.07) is 13.7. The van der Waals surface area contributed by atoms with Crippen molar-refractivity contribution in [1.29, 1.82) is 0 Å². The monoisotopic (exact) mass is 369 g/mol. The zero-order valence-corrected chi connectivity index (χ0v) is 16.2. The van der Waals surface area contributed by atoms with E-state index in [1.54, 1.807) is 14.2 Å². The lowest BCUT2D eigenvalue weighted by Crippen LogP contribution is -2.30. The van der Waals surface area contributed by atoms with Gasteiger partial charge in [-0.15, -0.1) is 0 Å². The van der Waals surface area contributed by atoms with Crippen molar-refractivity contribution in [3.05, 3.63) is 42.5 Å². The van der Waals surface area contributed by atoms with Crippen LogP contribution < -0.4 is 24.6 Å². The van der Waals surface area contributed by atoms with E-state index in [9.17, 15) is 4.79 Å². The van der Waals surface area contributed by atoms with E-state index in [1.807, 2.05) is 42.3 Å². The summed E-state index contributed by atoms with van der Waals surface area (Å²) in [4.78, 5) is 16.6. The average Bonchev–Trinajstić information content (AvgIpc) is 3.22. The Morgan fingerprint density at radius 2 is 1.70 bits per heavy atom. The van der Waals surface area contributed by atoms with Gasteiger partial charge < -0.3 is 24.6 Å². The van der Waals surface area contributed by atoms with Gasteiger partial charge in [-0.2, -0.15) is 0 Å². The van der Waals surface area contributed by atoms with Gasteiger partial charge >= 0.3 is 0 Å². The molecule has 0 bridgehead atoms.